The molecule has 0 N–H and O–H groups in total. The SMILES string of the molecule is COC(=O)COc1cccc2cc3c(nc12)-c1nc2c(OCC(=O)OC)cccc2cc1CC3. The first-order valence-corrected chi connectivity index (χ1v) is 10.8. The lowest BCUT2D eigenvalue weighted by atomic mass is 9.90. The Labute approximate surface area is 195 Å². The molecular formula is C26H22N2O6. The molecule has 0 aliphatic heterocycles. The van der Waals surface area contributed by atoms with E-state index in [2.05, 4.69) is 21.6 Å². The summed E-state index contributed by atoms with van der Waals surface area (Å²) in [5.41, 5.74) is 5.01. The first-order valence-electron chi connectivity index (χ1n) is 10.8. The summed E-state index contributed by atoms with van der Waals surface area (Å²) < 4.78 is 20.7. The molecule has 2 aromatic heterocycles. The standard InChI is InChI=1S/C26H22N2O6/c1-31-21(29)13-33-19-7-3-5-15-11-17-9-10-18-12-16-6-4-8-20(34-14-22(30)32-2)24(16)28-26(18)25(17)27-23(15)19/h3-8,11-12H,9-10,13-14H2,1-2H3. The van der Waals surface area contributed by atoms with Crippen molar-refractivity contribution in [3.63, 3.8) is 0 Å². The van der Waals surface area contributed by atoms with Crippen molar-refractivity contribution in [2.45, 2.75) is 12.8 Å². The van der Waals surface area contributed by atoms with Crippen molar-refractivity contribution < 1.29 is 28.5 Å². The van der Waals surface area contributed by atoms with Crippen molar-refractivity contribution in [2.24, 2.45) is 0 Å². The van der Waals surface area contributed by atoms with Crippen LogP contribution in [-0.4, -0.2) is 49.3 Å². The Bertz CT molecular complexity index is 1320. The fourth-order valence-corrected chi connectivity index (χ4v) is 4.11. The molecule has 8 nitrogen and oxygen atoms in total. The quantitative estimate of drug-likeness (QED) is 0.404. The molecule has 1 aliphatic rings. The molecule has 172 valence electrons. The number of carbonyl (C=O) groups excluding carboxylic acids is 2. The van der Waals surface area contributed by atoms with Crippen LogP contribution < -0.4 is 9.47 Å². The van der Waals surface area contributed by atoms with Gasteiger partial charge in [-0.3, -0.25) is 0 Å². The molecule has 5 rings (SSSR count). The van der Waals surface area contributed by atoms with E-state index in [9.17, 15) is 9.59 Å². The molecule has 0 bridgehead atoms. The highest BCUT2D eigenvalue weighted by atomic mass is 16.6. The predicted molar refractivity (Wildman–Crippen MR) is 125 cm³/mol. The second-order valence-electron chi connectivity index (χ2n) is 7.88. The van der Waals surface area contributed by atoms with Gasteiger partial charge in [0, 0.05) is 10.8 Å². The summed E-state index contributed by atoms with van der Waals surface area (Å²) in [6.07, 6.45) is 1.68. The maximum Gasteiger partial charge on any atom is 0.343 e. The van der Waals surface area contributed by atoms with Gasteiger partial charge in [-0.1, -0.05) is 24.3 Å². The molecule has 8 heteroatoms. The molecular weight excluding hydrogens is 436 g/mol. The van der Waals surface area contributed by atoms with Gasteiger partial charge in [-0.05, 0) is 48.2 Å². The van der Waals surface area contributed by atoms with Gasteiger partial charge in [-0.2, -0.15) is 0 Å². The third-order valence-electron chi connectivity index (χ3n) is 5.81. The summed E-state index contributed by atoms with van der Waals surface area (Å²) >= 11 is 0. The Morgan fingerprint density at radius 1 is 0.735 bits per heavy atom. The summed E-state index contributed by atoms with van der Waals surface area (Å²) in [5, 5.41) is 1.85. The number of pyridine rings is 2. The first kappa shape index (κ1) is 21.6. The lowest BCUT2D eigenvalue weighted by molar-refractivity contribution is -0.143. The van der Waals surface area contributed by atoms with Crippen LogP contribution in [0.15, 0.2) is 48.5 Å². The second-order valence-corrected chi connectivity index (χ2v) is 7.88. The molecule has 0 saturated carbocycles. The maximum atomic E-state index is 11.6. The molecule has 34 heavy (non-hydrogen) atoms. The zero-order valence-corrected chi connectivity index (χ0v) is 18.8. The van der Waals surface area contributed by atoms with E-state index in [1.807, 2.05) is 24.3 Å². The van der Waals surface area contributed by atoms with E-state index in [0.29, 0.717) is 22.5 Å². The second kappa shape index (κ2) is 8.97. The number of hydrogen-bond donors (Lipinski definition) is 0. The zero-order chi connectivity index (χ0) is 23.7. The summed E-state index contributed by atoms with van der Waals surface area (Å²) in [5.74, 6) is 0.0716. The minimum Gasteiger partial charge on any atom is -0.480 e. The Morgan fingerprint density at radius 3 is 1.59 bits per heavy atom. The third kappa shape index (κ3) is 3.98. The fourth-order valence-electron chi connectivity index (χ4n) is 4.11. The van der Waals surface area contributed by atoms with Crippen LogP contribution in [0.25, 0.3) is 33.2 Å². The van der Waals surface area contributed by atoms with Crippen LogP contribution in [0.2, 0.25) is 0 Å². The minimum absolute atomic E-state index is 0.200. The lowest BCUT2D eigenvalue weighted by Gasteiger charge is -2.20. The molecule has 0 saturated heterocycles. The van der Waals surface area contributed by atoms with E-state index in [1.165, 1.54) is 14.2 Å². The van der Waals surface area contributed by atoms with Crippen LogP contribution in [0.4, 0.5) is 0 Å². The van der Waals surface area contributed by atoms with Gasteiger partial charge >= 0.3 is 11.9 Å². The number of nitrogens with zero attached hydrogens (tertiary/aromatic N) is 2. The van der Waals surface area contributed by atoms with Crippen LogP contribution in [0.3, 0.4) is 0 Å². The Balaban J connectivity index is 1.61. The minimum atomic E-state index is -0.465. The van der Waals surface area contributed by atoms with E-state index in [4.69, 9.17) is 19.4 Å². The Morgan fingerprint density at radius 2 is 1.18 bits per heavy atom. The summed E-state index contributed by atoms with van der Waals surface area (Å²) in [6.45, 7) is -0.399. The van der Waals surface area contributed by atoms with E-state index >= 15 is 0 Å². The summed E-state index contributed by atoms with van der Waals surface area (Å²) in [6, 6.07) is 15.4. The van der Waals surface area contributed by atoms with Gasteiger partial charge in [0.1, 0.15) is 22.5 Å². The van der Waals surface area contributed by atoms with Crippen molar-refractivity contribution in [2.75, 3.05) is 27.4 Å². The topological polar surface area (TPSA) is 96.8 Å². The van der Waals surface area contributed by atoms with Crippen LogP contribution in [-0.2, 0) is 31.9 Å². The average molecular weight is 458 g/mol. The number of aryl methyl sites for hydroxylation is 2. The maximum absolute atomic E-state index is 11.6. The number of methoxy groups -OCH3 is 2. The monoisotopic (exact) mass is 458 g/mol. The van der Waals surface area contributed by atoms with Crippen LogP contribution in [0.5, 0.6) is 11.5 Å². The van der Waals surface area contributed by atoms with E-state index in [1.54, 1.807) is 12.1 Å². The third-order valence-corrected chi connectivity index (χ3v) is 5.81. The van der Waals surface area contributed by atoms with Gasteiger partial charge in [-0.25, -0.2) is 19.6 Å². The molecule has 1 aliphatic carbocycles. The number of carbonyl (C=O) groups is 2. The Kier molecular flexibility index (Phi) is 5.71. The van der Waals surface area contributed by atoms with Gasteiger partial charge in [0.15, 0.2) is 13.2 Å². The number of fused-ring (bicyclic) bond motifs is 5. The smallest absolute Gasteiger partial charge is 0.343 e. The fraction of sp³-hybridized carbons (Fsp3) is 0.231. The highest BCUT2D eigenvalue weighted by molar-refractivity contribution is 5.92. The van der Waals surface area contributed by atoms with Gasteiger partial charge in [-0.15, -0.1) is 0 Å². The Hall–Kier alpha value is -4.20. The highest BCUT2D eigenvalue weighted by Gasteiger charge is 2.22. The number of esters is 2. The summed E-state index contributed by atoms with van der Waals surface area (Å²) in [7, 11) is 2.64. The van der Waals surface area contributed by atoms with E-state index < -0.39 is 11.9 Å². The van der Waals surface area contributed by atoms with Gasteiger partial charge < -0.3 is 18.9 Å². The first-order chi connectivity index (χ1) is 16.6. The number of benzene rings is 2. The molecule has 0 fully saturated rings. The molecule has 2 heterocycles. The van der Waals surface area contributed by atoms with Crippen molar-refractivity contribution in [3.8, 4) is 22.9 Å². The molecule has 0 amide bonds. The van der Waals surface area contributed by atoms with Crippen LogP contribution in [0.1, 0.15) is 11.1 Å². The molecule has 4 aromatic rings. The van der Waals surface area contributed by atoms with Crippen molar-refractivity contribution in [3.05, 3.63) is 59.7 Å². The molecule has 2 aromatic carbocycles. The van der Waals surface area contributed by atoms with Crippen molar-refractivity contribution >= 4 is 33.7 Å². The number of ether oxygens (including phenoxy) is 4. The molecule has 0 radical (unpaired) electrons. The van der Waals surface area contributed by atoms with Crippen LogP contribution >= 0.6 is 0 Å². The largest absolute Gasteiger partial charge is 0.480 e. The lowest BCUT2D eigenvalue weighted by Crippen LogP contribution is -2.14. The predicted octanol–water partition coefficient (Wildman–Crippen LogP) is 3.65. The van der Waals surface area contributed by atoms with Crippen molar-refractivity contribution in [1.29, 1.82) is 0 Å². The van der Waals surface area contributed by atoms with E-state index in [0.717, 1.165) is 46.1 Å². The van der Waals surface area contributed by atoms with Gasteiger partial charge in [0.25, 0.3) is 0 Å². The van der Waals surface area contributed by atoms with Gasteiger partial charge in [0.2, 0.25) is 0 Å². The number of para-hydroxylation sites is 2. The van der Waals surface area contributed by atoms with E-state index in [-0.39, 0.29) is 13.2 Å². The average Bonchev–Trinajstić information content (AvgIpc) is 2.87. The normalized spacial score (nSPS) is 12.1. The van der Waals surface area contributed by atoms with Crippen LogP contribution in [0, 0.1) is 0 Å². The zero-order valence-electron chi connectivity index (χ0n) is 18.8. The van der Waals surface area contributed by atoms with Gasteiger partial charge in [0.05, 0.1) is 25.6 Å². The summed E-state index contributed by atoms with van der Waals surface area (Å²) in [4.78, 5) is 33.0. The number of rotatable bonds is 6. The molecule has 0 atom stereocenters. The highest BCUT2D eigenvalue weighted by Crippen LogP contribution is 2.37. The van der Waals surface area contributed by atoms with Crippen molar-refractivity contribution in [1.82, 2.24) is 9.97 Å². The number of hydrogen-bond acceptors (Lipinski definition) is 8. The molecule has 0 spiro atoms. The number of aromatic nitrogens is 2. The molecule has 0 unspecified atom stereocenters.